The highest BCUT2D eigenvalue weighted by atomic mass is 16.5. The first kappa shape index (κ1) is 11.4. The molecule has 0 amide bonds. The summed E-state index contributed by atoms with van der Waals surface area (Å²) in [4.78, 5) is 12.4. The van der Waals surface area contributed by atoms with E-state index in [1.54, 1.807) is 0 Å². The fourth-order valence-electron chi connectivity index (χ4n) is 2.63. The fourth-order valence-corrected chi connectivity index (χ4v) is 2.63. The Morgan fingerprint density at radius 2 is 1.94 bits per heavy atom. The molecular weight excluding hydrogens is 224 g/mol. The van der Waals surface area contributed by atoms with Gasteiger partial charge in [-0.05, 0) is 30.2 Å². The fraction of sp³-hybridized carbons (Fsp3) is 0.312. The summed E-state index contributed by atoms with van der Waals surface area (Å²) in [7, 11) is 0. The Kier molecular flexibility index (Phi) is 2.88. The number of benzene rings is 2. The number of Topliss-reactive ketones (excluding diaryl/α,β-unsaturated/α-hetero) is 1. The van der Waals surface area contributed by atoms with E-state index in [-0.39, 0.29) is 17.8 Å². The van der Waals surface area contributed by atoms with Gasteiger partial charge in [-0.3, -0.25) is 4.79 Å². The lowest BCUT2D eigenvalue weighted by molar-refractivity contribution is 0.0764. The molecule has 1 fully saturated rings. The first-order valence-electron chi connectivity index (χ1n) is 6.40. The summed E-state index contributed by atoms with van der Waals surface area (Å²) in [6, 6.07) is 14.0. The summed E-state index contributed by atoms with van der Waals surface area (Å²) < 4.78 is 5.47. The number of hydrogen-bond acceptors (Lipinski definition) is 2. The molecule has 1 aliphatic heterocycles. The first-order chi connectivity index (χ1) is 8.75. The lowest BCUT2D eigenvalue weighted by atomic mass is 9.91. The van der Waals surface area contributed by atoms with Crippen molar-refractivity contribution in [3.05, 3.63) is 48.0 Å². The molecule has 1 saturated heterocycles. The van der Waals surface area contributed by atoms with Gasteiger partial charge in [-0.2, -0.15) is 0 Å². The monoisotopic (exact) mass is 240 g/mol. The van der Waals surface area contributed by atoms with Crippen molar-refractivity contribution in [3.8, 4) is 0 Å². The molecule has 92 valence electrons. The van der Waals surface area contributed by atoms with Gasteiger partial charge in [0.25, 0.3) is 0 Å². The van der Waals surface area contributed by atoms with Crippen molar-refractivity contribution in [2.24, 2.45) is 5.92 Å². The van der Waals surface area contributed by atoms with Crippen molar-refractivity contribution in [2.45, 2.75) is 19.4 Å². The van der Waals surface area contributed by atoms with Gasteiger partial charge < -0.3 is 4.74 Å². The van der Waals surface area contributed by atoms with Gasteiger partial charge in [-0.25, -0.2) is 0 Å². The van der Waals surface area contributed by atoms with Crippen molar-refractivity contribution < 1.29 is 9.53 Å². The Bertz CT molecular complexity index is 588. The van der Waals surface area contributed by atoms with Gasteiger partial charge in [0.2, 0.25) is 0 Å². The molecule has 0 spiro atoms. The van der Waals surface area contributed by atoms with Crippen LogP contribution in [0.2, 0.25) is 0 Å². The topological polar surface area (TPSA) is 26.3 Å². The maximum atomic E-state index is 12.4. The maximum Gasteiger partial charge on any atom is 0.168 e. The molecule has 2 heteroatoms. The second-order valence-corrected chi connectivity index (χ2v) is 4.90. The molecule has 0 aliphatic carbocycles. The smallest absolute Gasteiger partial charge is 0.168 e. The predicted molar refractivity (Wildman–Crippen MR) is 71.8 cm³/mol. The van der Waals surface area contributed by atoms with Crippen LogP contribution in [0.25, 0.3) is 10.8 Å². The van der Waals surface area contributed by atoms with Crippen LogP contribution in [-0.4, -0.2) is 18.5 Å². The van der Waals surface area contributed by atoms with Gasteiger partial charge in [0.15, 0.2) is 5.78 Å². The van der Waals surface area contributed by atoms with E-state index in [0.29, 0.717) is 6.61 Å². The van der Waals surface area contributed by atoms with Crippen LogP contribution in [0, 0.1) is 5.92 Å². The molecular formula is C16H16O2. The predicted octanol–water partition coefficient (Wildman–Crippen LogP) is 3.45. The van der Waals surface area contributed by atoms with Crippen LogP contribution >= 0.6 is 0 Å². The lowest BCUT2D eigenvalue weighted by Crippen LogP contribution is -2.21. The molecule has 2 atom stereocenters. The van der Waals surface area contributed by atoms with Gasteiger partial charge >= 0.3 is 0 Å². The third kappa shape index (κ3) is 1.93. The van der Waals surface area contributed by atoms with E-state index in [1.807, 2.05) is 43.3 Å². The summed E-state index contributed by atoms with van der Waals surface area (Å²) in [5.74, 6) is 0.233. The van der Waals surface area contributed by atoms with Crippen molar-refractivity contribution in [1.82, 2.24) is 0 Å². The van der Waals surface area contributed by atoms with Crippen molar-refractivity contribution in [1.29, 1.82) is 0 Å². The number of rotatable bonds is 2. The van der Waals surface area contributed by atoms with E-state index in [0.717, 1.165) is 17.4 Å². The van der Waals surface area contributed by atoms with Gasteiger partial charge in [0.05, 0.1) is 12.0 Å². The van der Waals surface area contributed by atoms with Crippen molar-refractivity contribution in [3.63, 3.8) is 0 Å². The van der Waals surface area contributed by atoms with E-state index in [9.17, 15) is 4.79 Å². The molecule has 0 radical (unpaired) electrons. The highest BCUT2D eigenvalue weighted by molar-refractivity contribution is 6.01. The number of fused-ring (bicyclic) bond motifs is 1. The van der Waals surface area contributed by atoms with Crippen LogP contribution in [0.3, 0.4) is 0 Å². The van der Waals surface area contributed by atoms with E-state index in [1.165, 1.54) is 5.39 Å². The normalized spacial score (nSPS) is 23.4. The Hall–Kier alpha value is -1.67. The van der Waals surface area contributed by atoms with E-state index in [4.69, 9.17) is 4.74 Å². The Labute approximate surface area is 107 Å². The minimum atomic E-state index is 0.0196. The molecule has 0 bridgehead atoms. The van der Waals surface area contributed by atoms with Crippen LogP contribution in [-0.2, 0) is 4.74 Å². The molecule has 0 saturated carbocycles. The first-order valence-corrected chi connectivity index (χ1v) is 6.40. The Morgan fingerprint density at radius 1 is 1.17 bits per heavy atom. The number of ketones is 1. The Balaban J connectivity index is 1.96. The average Bonchev–Trinajstić information content (AvgIpc) is 2.83. The van der Waals surface area contributed by atoms with Gasteiger partial charge in [-0.1, -0.05) is 36.4 Å². The second-order valence-electron chi connectivity index (χ2n) is 4.90. The standard InChI is InChI=1S/C16H16O2/c1-11-15(8-9-18-11)16(17)14-7-6-12-4-2-3-5-13(12)10-14/h2-7,10-11,15H,8-9H2,1H3. The minimum Gasteiger partial charge on any atom is -0.378 e. The summed E-state index contributed by atoms with van der Waals surface area (Å²) in [6.07, 6.45) is 0.885. The zero-order valence-electron chi connectivity index (χ0n) is 10.4. The van der Waals surface area contributed by atoms with E-state index < -0.39 is 0 Å². The van der Waals surface area contributed by atoms with Crippen LogP contribution in [0.15, 0.2) is 42.5 Å². The minimum absolute atomic E-state index is 0.0196. The molecule has 2 aromatic carbocycles. The summed E-state index contributed by atoms with van der Waals surface area (Å²) in [5.41, 5.74) is 0.802. The molecule has 0 aromatic heterocycles. The van der Waals surface area contributed by atoms with Gasteiger partial charge in [0, 0.05) is 12.2 Å². The highest BCUT2D eigenvalue weighted by Crippen LogP contribution is 2.26. The number of carbonyl (C=O) groups is 1. The second kappa shape index (κ2) is 4.54. The maximum absolute atomic E-state index is 12.4. The van der Waals surface area contributed by atoms with Gasteiger partial charge in [-0.15, -0.1) is 0 Å². The molecule has 0 N–H and O–H groups in total. The average molecular weight is 240 g/mol. The molecule has 1 heterocycles. The quantitative estimate of drug-likeness (QED) is 0.751. The third-order valence-electron chi connectivity index (χ3n) is 3.75. The lowest BCUT2D eigenvalue weighted by Gasteiger charge is -2.13. The number of ether oxygens (including phenoxy) is 1. The summed E-state index contributed by atoms with van der Waals surface area (Å²) in [5, 5.41) is 2.29. The summed E-state index contributed by atoms with van der Waals surface area (Å²) in [6.45, 7) is 2.68. The van der Waals surface area contributed by atoms with Crippen molar-refractivity contribution >= 4 is 16.6 Å². The third-order valence-corrected chi connectivity index (χ3v) is 3.75. The largest absolute Gasteiger partial charge is 0.378 e. The zero-order chi connectivity index (χ0) is 12.5. The van der Waals surface area contributed by atoms with Crippen LogP contribution in [0.5, 0.6) is 0 Å². The number of hydrogen-bond donors (Lipinski definition) is 0. The number of carbonyl (C=O) groups excluding carboxylic acids is 1. The SMILES string of the molecule is CC1OCCC1C(=O)c1ccc2ccccc2c1. The molecule has 1 aliphatic rings. The van der Waals surface area contributed by atoms with Crippen LogP contribution in [0.1, 0.15) is 23.7 Å². The molecule has 2 nitrogen and oxygen atoms in total. The molecule has 3 rings (SSSR count). The van der Waals surface area contributed by atoms with Gasteiger partial charge in [0.1, 0.15) is 0 Å². The molecule has 2 unspecified atom stereocenters. The van der Waals surface area contributed by atoms with Crippen LogP contribution < -0.4 is 0 Å². The van der Waals surface area contributed by atoms with E-state index in [2.05, 4.69) is 6.07 Å². The summed E-state index contributed by atoms with van der Waals surface area (Å²) >= 11 is 0. The molecule has 2 aromatic rings. The molecule has 18 heavy (non-hydrogen) atoms. The van der Waals surface area contributed by atoms with E-state index >= 15 is 0 Å². The Morgan fingerprint density at radius 3 is 2.67 bits per heavy atom. The van der Waals surface area contributed by atoms with Crippen LogP contribution in [0.4, 0.5) is 0 Å². The highest BCUT2D eigenvalue weighted by Gasteiger charge is 2.31. The zero-order valence-corrected chi connectivity index (χ0v) is 10.4. The van der Waals surface area contributed by atoms with Crippen molar-refractivity contribution in [2.75, 3.05) is 6.61 Å².